The van der Waals surface area contributed by atoms with Crippen LogP contribution in [0, 0.1) is 5.41 Å². The first kappa shape index (κ1) is 15.4. The number of hydrogen-bond acceptors (Lipinski definition) is 3. The Bertz CT molecular complexity index is 617. The summed E-state index contributed by atoms with van der Waals surface area (Å²) in [5.41, 5.74) is 7.30. The van der Waals surface area contributed by atoms with Crippen molar-refractivity contribution in [1.29, 1.82) is 0 Å². The molecule has 0 aliphatic heterocycles. The van der Waals surface area contributed by atoms with E-state index in [0.29, 0.717) is 13.0 Å². The molecule has 21 heavy (non-hydrogen) atoms. The number of pyridine rings is 1. The molecule has 0 aliphatic rings. The van der Waals surface area contributed by atoms with Crippen LogP contribution in [0.2, 0.25) is 0 Å². The molecule has 0 aliphatic carbocycles. The van der Waals surface area contributed by atoms with Gasteiger partial charge >= 0.3 is 0 Å². The molecule has 1 heterocycles. The van der Waals surface area contributed by atoms with Gasteiger partial charge < -0.3 is 11.1 Å². The lowest BCUT2D eigenvalue weighted by Gasteiger charge is -2.23. The van der Waals surface area contributed by atoms with Crippen molar-refractivity contribution in [3.63, 3.8) is 0 Å². The van der Waals surface area contributed by atoms with Gasteiger partial charge in [0.05, 0.1) is 11.2 Å². The van der Waals surface area contributed by atoms with Crippen molar-refractivity contribution >= 4 is 22.5 Å². The molecule has 0 bridgehead atoms. The first-order valence-electron chi connectivity index (χ1n) is 7.35. The number of nitrogens with zero attached hydrogens (tertiary/aromatic N) is 1. The molecule has 0 spiro atoms. The number of benzene rings is 1. The number of fused-ring (bicyclic) bond motifs is 1. The highest BCUT2D eigenvalue weighted by Crippen LogP contribution is 2.26. The number of hydrogen-bond donors (Lipinski definition) is 2. The molecule has 112 valence electrons. The van der Waals surface area contributed by atoms with Crippen molar-refractivity contribution in [2.24, 2.45) is 11.1 Å². The maximum Gasteiger partial charge on any atom is 0.224 e. The van der Waals surface area contributed by atoms with Crippen LogP contribution < -0.4 is 11.1 Å². The summed E-state index contributed by atoms with van der Waals surface area (Å²) in [5.74, 6) is 0.0262. The van der Waals surface area contributed by atoms with Gasteiger partial charge in [0.1, 0.15) is 0 Å². The molecular formula is C17H23N3O. The first-order valence-corrected chi connectivity index (χ1v) is 7.35. The van der Waals surface area contributed by atoms with Crippen molar-refractivity contribution in [3.8, 4) is 0 Å². The second-order valence-corrected chi connectivity index (χ2v) is 6.13. The second kappa shape index (κ2) is 6.68. The normalized spacial score (nSPS) is 11.6. The molecular weight excluding hydrogens is 262 g/mol. The number of anilines is 1. The smallest absolute Gasteiger partial charge is 0.224 e. The predicted molar refractivity (Wildman–Crippen MR) is 87.1 cm³/mol. The Labute approximate surface area is 125 Å². The highest BCUT2D eigenvalue weighted by atomic mass is 16.1. The van der Waals surface area contributed by atoms with Crippen LogP contribution in [0.3, 0.4) is 0 Å². The number of nitrogens with one attached hydrogen (secondary N) is 1. The van der Waals surface area contributed by atoms with E-state index in [1.165, 1.54) is 0 Å². The first-order chi connectivity index (χ1) is 10.0. The maximum absolute atomic E-state index is 12.1. The fourth-order valence-corrected chi connectivity index (χ4v) is 2.39. The van der Waals surface area contributed by atoms with E-state index in [2.05, 4.69) is 24.1 Å². The Morgan fingerprint density at radius 2 is 2.00 bits per heavy atom. The molecule has 1 aromatic carbocycles. The summed E-state index contributed by atoms with van der Waals surface area (Å²) in [6.45, 7) is 4.95. The predicted octanol–water partition coefficient (Wildman–Crippen LogP) is 3.33. The van der Waals surface area contributed by atoms with Crippen LogP contribution in [0.1, 0.15) is 33.1 Å². The van der Waals surface area contributed by atoms with Crippen molar-refractivity contribution in [1.82, 2.24) is 4.98 Å². The summed E-state index contributed by atoms with van der Waals surface area (Å²) in [5, 5.41) is 3.99. The Hall–Kier alpha value is -1.94. The van der Waals surface area contributed by atoms with Crippen LogP contribution in [0.15, 0.2) is 36.5 Å². The zero-order valence-corrected chi connectivity index (χ0v) is 12.7. The van der Waals surface area contributed by atoms with Gasteiger partial charge in [0.15, 0.2) is 0 Å². The molecule has 2 rings (SSSR count). The Balaban J connectivity index is 2.02. The van der Waals surface area contributed by atoms with Gasteiger partial charge in [-0.1, -0.05) is 32.0 Å². The third-order valence-corrected chi connectivity index (χ3v) is 3.76. The maximum atomic E-state index is 12.1. The summed E-state index contributed by atoms with van der Waals surface area (Å²) in [7, 11) is 0. The lowest BCUT2D eigenvalue weighted by Crippen LogP contribution is -2.20. The number of amides is 1. The van der Waals surface area contributed by atoms with Gasteiger partial charge in [-0.05, 0) is 36.9 Å². The summed E-state index contributed by atoms with van der Waals surface area (Å²) in [6, 6.07) is 9.68. The summed E-state index contributed by atoms with van der Waals surface area (Å²) < 4.78 is 0. The molecule has 0 unspecified atom stereocenters. The van der Waals surface area contributed by atoms with Gasteiger partial charge in [-0.25, -0.2) is 0 Å². The average Bonchev–Trinajstić information content (AvgIpc) is 2.46. The van der Waals surface area contributed by atoms with Gasteiger partial charge in [-0.15, -0.1) is 0 Å². The van der Waals surface area contributed by atoms with Gasteiger partial charge in [0, 0.05) is 18.0 Å². The largest absolute Gasteiger partial charge is 0.330 e. The van der Waals surface area contributed by atoms with E-state index in [1.807, 2.05) is 30.3 Å². The molecule has 0 atom stereocenters. The van der Waals surface area contributed by atoms with E-state index in [9.17, 15) is 4.79 Å². The van der Waals surface area contributed by atoms with Crippen molar-refractivity contribution in [2.75, 3.05) is 11.9 Å². The van der Waals surface area contributed by atoms with Crippen LogP contribution in [0.25, 0.3) is 10.9 Å². The minimum Gasteiger partial charge on any atom is -0.330 e. The third kappa shape index (κ3) is 4.26. The number of carbonyl (C=O) groups is 1. The van der Waals surface area contributed by atoms with E-state index < -0.39 is 0 Å². The van der Waals surface area contributed by atoms with Gasteiger partial charge in [0.2, 0.25) is 5.91 Å². The zero-order valence-electron chi connectivity index (χ0n) is 12.7. The van der Waals surface area contributed by atoms with Gasteiger partial charge in [0.25, 0.3) is 0 Å². The summed E-state index contributed by atoms with van der Waals surface area (Å²) >= 11 is 0. The quantitative estimate of drug-likeness (QED) is 0.855. The van der Waals surface area contributed by atoms with E-state index in [0.717, 1.165) is 29.4 Å². The molecule has 2 aromatic rings. The van der Waals surface area contributed by atoms with Crippen molar-refractivity contribution in [2.45, 2.75) is 33.1 Å². The molecule has 0 saturated heterocycles. The monoisotopic (exact) mass is 285 g/mol. The number of para-hydroxylation sites is 1. The van der Waals surface area contributed by atoms with Crippen LogP contribution in [0.4, 0.5) is 5.69 Å². The van der Waals surface area contributed by atoms with Crippen molar-refractivity contribution < 1.29 is 4.79 Å². The molecule has 1 amide bonds. The van der Waals surface area contributed by atoms with Crippen molar-refractivity contribution in [3.05, 3.63) is 36.5 Å². The second-order valence-electron chi connectivity index (χ2n) is 6.13. The molecule has 0 fully saturated rings. The minimum atomic E-state index is 0.0262. The fraction of sp³-hybridized carbons (Fsp3) is 0.412. The standard InChI is InChI=1S/C17H23N3O/c1-17(2,10-11-18)9-8-15(21)20-14-7-3-5-13-6-4-12-19-16(13)14/h3-7,12H,8-11,18H2,1-2H3,(H,20,21). The highest BCUT2D eigenvalue weighted by molar-refractivity contribution is 6.00. The Morgan fingerprint density at radius 3 is 2.76 bits per heavy atom. The van der Waals surface area contributed by atoms with Crippen LogP contribution in [-0.2, 0) is 4.79 Å². The molecule has 1 aromatic heterocycles. The summed E-state index contributed by atoms with van der Waals surface area (Å²) in [6.07, 6.45) is 3.99. The average molecular weight is 285 g/mol. The minimum absolute atomic E-state index is 0.0262. The van der Waals surface area contributed by atoms with Crippen LogP contribution >= 0.6 is 0 Å². The zero-order chi connectivity index (χ0) is 15.3. The van der Waals surface area contributed by atoms with Crippen LogP contribution in [-0.4, -0.2) is 17.4 Å². The third-order valence-electron chi connectivity index (χ3n) is 3.76. The lowest BCUT2D eigenvalue weighted by atomic mass is 9.84. The van der Waals surface area contributed by atoms with E-state index in [4.69, 9.17) is 5.73 Å². The fourth-order valence-electron chi connectivity index (χ4n) is 2.39. The van der Waals surface area contributed by atoms with E-state index in [1.54, 1.807) is 6.20 Å². The summed E-state index contributed by atoms with van der Waals surface area (Å²) in [4.78, 5) is 16.5. The molecule has 3 N–H and O–H groups in total. The Kier molecular flexibility index (Phi) is 4.91. The SMILES string of the molecule is CC(C)(CCN)CCC(=O)Nc1cccc2cccnc12. The molecule has 0 saturated carbocycles. The van der Waals surface area contributed by atoms with Crippen LogP contribution in [0.5, 0.6) is 0 Å². The van der Waals surface area contributed by atoms with Gasteiger partial charge in [-0.2, -0.15) is 0 Å². The number of carbonyl (C=O) groups excluding carboxylic acids is 1. The highest BCUT2D eigenvalue weighted by Gasteiger charge is 2.18. The van der Waals surface area contributed by atoms with E-state index >= 15 is 0 Å². The lowest BCUT2D eigenvalue weighted by molar-refractivity contribution is -0.116. The van der Waals surface area contributed by atoms with Gasteiger partial charge in [-0.3, -0.25) is 9.78 Å². The van der Waals surface area contributed by atoms with E-state index in [-0.39, 0.29) is 11.3 Å². The molecule has 4 heteroatoms. The number of aromatic nitrogens is 1. The number of rotatable bonds is 6. The Morgan fingerprint density at radius 1 is 1.24 bits per heavy atom. The number of nitrogens with two attached hydrogens (primary N) is 1. The topological polar surface area (TPSA) is 68.0 Å². The molecule has 4 nitrogen and oxygen atoms in total. The molecule has 0 radical (unpaired) electrons.